The Bertz CT molecular complexity index is 680. The van der Waals surface area contributed by atoms with E-state index in [0.29, 0.717) is 25.3 Å². The standard InChI is InChI=1S/C21H31N3O5/c1-15(2)11-17(13-28-14-19(22)25)23-20(26)18-9-6-10-24(18)21(27)29-12-16-7-4-3-5-8-16/h3-5,7-8,15,17-18H,6,9-14H2,1-2H3,(H2,22,25)(H,23,26)/t17-,18-/m0/s1. The second-order valence-corrected chi connectivity index (χ2v) is 7.71. The molecule has 3 amide bonds. The summed E-state index contributed by atoms with van der Waals surface area (Å²) in [5, 5.41) is 2.96. The molecule has 1 aromatic rings. The summed E-state index contributed by atoms with van der Waals surface area (Å²) in [7, 11) is 0. The van der Waals surface area contributed by atoms with Crippen LogP contribution in [0.1, 0.15) is 38.7 Å². The summed E-state index contributed by atoms with van der Waals surface area (Å²) < 4.78 is 10.7. The highest BCUT2D eigenvalue weighted by atomic mass is 16.6. The maximum atomic E-state index is 12.8. The second kappa shape index (κ2) is 11.4. The predicted octanol–water partition coefficient (Wildman–Crippen LogP) is 1.82. The van der Waals surface area contributed by atoms with E-state index in [1.807, 2.05) is 44.2 Å². The van der Waals surface area contributed by atoms with Gasteiger partial charge in [-0.3, -0.25) is 14.5 Å². The van der Waals surface area contributed by atoms with Crippen LogP contribution in [0.5, 0.6) is 0 Å². The van der Waals surface area contributed by atoms with Crippen molar-refractivity contribution in [1.82, 2.24) is 10.2 Å². The lowest BCUT2D eigenvalue weighted by Gasteiger charge is -2.27. The van der Waals surface area contributed by atoms with Crippen LogP contribution in [-0.4, -0.2) is 54.6 Å². The van der Waals surface area contributed by atoms with Crippen LogP contribution in [0.15, 0.2) is 30.3 Å². The lowest BCUT2D eigenvalue weighted by Crippen LogP contribution is -2.50. The summed E-state index contributed by atoms with van der Waals surface area (Å²) >= 11 is 0. The largest absolute Gasteiger partial charge is 0.445 e. The van der Waals surface area contributed by atoms with Gasteiger partial charge in [0, 0.05) is 6.54 Å². The molecule has 1 saturated heterocycles. The summed E-state index contributed by atoms with van der Waals surface area (Å²) in [6.07, 6.45) is 1.53. The van der Waals surface area contributed by atoms with Crippen LogP contribution in [0.25, 0.3) is 0 Å². The van der Waals surface area contributed by atoms with Crippen LogP contribution >= 0.6 is 0 Å². The van der Waals surface area contributed by atoms with Crippen LogP contribution < -0.4 is 11.1 Å². The third kappa shape index (κ3) is 7.73. The van der Waals surface area contributed by atoms with Gasteiger partial charge in [0.1, 0.15) is 19.3 Å². The molecule has 1 aromatic carbocycles. The van der Waals surface area contributed by atoms with Crippen molar-refractivity contribution in [3.8, 4) is 0 Å². The number of carbonyl (C=O) groups is 3. The molecule has 1 heterocycles. The maximum Gasteiger partial charge on any atom is 0.410 e. The first-order chi connectivity index (χ1) is 13.9. The first kappa shape index (κ1) is 22.7. The minimum Gasteiger partial charge on any atom is -0.445 e. The van der Waals surface area contributed by atoms with E-state index in [1.165, 1.54) is 4.90 Å². The smallest absolute Gasteiger partial charge is 0.410 e. The van der Waals surface area contributed by atoms with Crippen LogP contribution in [0.2, 0.25) is 0 Å². The van der Waals surface area contributed by atoms with Crippen molar-refractivity contribution in [3.63, 3.8) is 0 Å². The van der Waals surface area contributed by atoms with Crippen LogP contribution in [-0.2, 0) is 25.7 Å². The number of hydrogen-bond acceptors (Lipinski definition) is 5. The molecule has 8 heteroatoms. The Labute approximate surface area is 171 Å². The molecular weight excluding hydrogens is 374 g/mol. The molecular formula is C21H31N3O5. The van der Waals surface area contributed by atoms with Crippen molar-refractivity contribution >= 4 is 17.9 Å². The molecule has 160 valence electrons. The normalized spacial score (nSPS) is 17.2. The number of amides is 3. The number of ether oxygens (including phenoxy) is 2. The molecule has 0 aliphatic carbocycles. The van der Waals surface area contributed by atoms with Gasteiger partial charge < -0.3 is 20.5 Å². The number of hydrogen-bond donors (Lipinski definition) is 2. The quantitative estimate of drug-likeness (QED) is 0.617. The maximum absolute atomic E-state index is 12.8. The molecule has 29 heavy (non-hydrogen) atoms. The monoisotopic (exact) mass is 405 g/mol. The highest BCUT2D eigenvalue weighted by Gasteiger charge is 2.36. The molecule has 2 atom stereocenters. The number of nitrogens with one attached hydrogen (secondary N) is 1. The Morgan fingerprint density at radius 3 is 2.62 bits per heavy atom. The molecule has 1 fully saturated rings. The van der Waals surface area contributed by atoms with Crippen LogP contribution in [0.4, 0.5) is 4.79 Å². The average Bonchev–Trinajstić information content (AvgIpc) is 3.16. The van der Waals surface area contributed by atoms with Crippen molar-refractivity contribution in [2.24, 2.45) is 11.7 Å². The van der Waals surface area contributed by atoms with Gasteiger partial charge in [0.2, 0.25) is 11.8 Å². The van der Waals surface area contributed by atoms with Gasteiger partial charge in [-0.15, -0.1) is 0 Å². The fraction of sp³-hybridized carbons (Fsp3) is 0.571. The van der Waals surface area contributed by atoms with Crippen LogP contribution in [0.3, 0.4) is 0 Å². The summed E-state index contributed by atoms with van der Waals surface area (Å²) in [6, 6.07) is 8.59. The number of rotatable bonds is 10. The van der Waals surface area contributed by atoms with Gasteiger partial charge in [-0.2, -0.15) is 0 Å². The van der Waals surface area contributed by atoms with E-state index in [9.17, 15) is 14.4 Å². The van der Waals surface area contributed by atoms with Crippen molar-refractivity contribution in [2.45, 2.75) is 51.8 Å². The van der Waals surface area contributed by atoms with Gasteiger partial charge in [0.25, 0.3) is 0 Å². The molecule has 0 aromatic heterocycles. The van der Waals surface area contributed by atoms with E-state index in [4.69, 9.17) is 15.2 Å². The fourth-order valence-corrected chi connectivity index (χ4v) is 3.40. The molecule has 0 unspecified atom stereocenters. The molecule has 0 bridgehead atoms. The topological polar surface area (TPSA) is 111 Å². The lowest BCUT2D eigenvalue weighted by atomic mass is 10.0. The molecule has 8 nitrogen and oxygen atoms in total. The van der Waals surface area contributed by atoms with Crippen molar-refractivity contribution in [2.75, 3.05) is 19.8 Å². The number of nitrogens with zero attached hydrogens (tertiary/aromatic N) is 1. The first-order valence-corrected chi connectivity index (χ1v) is 10.0. The van der Waals surface area contributed by atoms with Gasteiger partial charge in [0.15, 0.2) is 0 Å². The summed E-state index contributed by atoms with van der Waals surface area (Å²) in [5.41, 5.74) is 5.99. The number of nitrogens with two attached hydrogens (primary N) is 1. The Balaban J connectivity index is 1.90. The third-order valence-electron chi connectivity index (χ3n) is 4.66. The molecule has 1 aliphatic rings. The molecule has 3 N–H and O–H groups in total. The Hall–Kier alpha value is -2.61. The zero-order valence-corrected chi connectivity index (χ0v) is 17.1. The molecule has 0 spiro atoms. The van der Waals surface area contributed by atoms with Crippen molar-refractivity contribution in [3.05, 3.63) is 35.9 Å². The van der Waals surface area contributed by atoms with Crippen molar-refractivity contribution in [1.29, 1.82) is 0 Å². The van der Waals surface area contributed by atoms with E-state index in [1.54, 1.807) is 0 Å². The van der Waals surface area contributed by atoms with Gasteiger partial charge in [-0.25, -0.2) is 4.79 Å². The number of benzene rings is 1. The molecule has 2 rings (SSSR count). The van der Waals surface area contributed by atoms with Gasteiger partial charge in [-0.1, -0.05) is 44.2 Å². The average molecular weight is 405 g/mol. The van der Waals surface area contributed by atoms with E-state index in [0.717, 1.165) is 12.0 Å². The molecule has 1 aliphatic heterocycles. The minimum absolute atomic E-state index is 0.168. The third-order valence-corrected chi connectivity index (χ3v) is 4.66. The predicted molar refractivity (Wildman–Crippen MR) is 108 cm³/mol. The van der Waals surface area contributed by atoms with Gasteiger partial charge in [0.05, 0.1) is 12.6 Å². The lowest BCUT2D eigenvalue weighted by molar-refractivity contribution is -0.126. The fourth-order valence-electron chi connectivity index (χ4n) is 3.40. The van der Waals surface area contributed by atoms with E-state index < -0.39 is 18.0 Å². The highest BCUT2D eigenvalue weighted by molar-refractivity contribution is 5.86. The van der Waals surface area contributed by atoms with E-state index in [-0.39, 0.29) is 31.8 Å². The van der Waals surface area contributed by atoms with E-state index >= 15 is 0 Å². The number of primary amides is 1. The Morgan fingerprint density at radius 2 is 1.97 bits per heavy atom. The summed E-state index contributed by atoms with van der Waals surface area (Å²) in [4.78, 5) is 37.7. The highest BCUT2D eigenvalue weighted by Crippen LogP contribution is 2.20. The van der Waals surface area contributed by atoms with Gasteiger partial charge in [-0.05, 0) is 30.7 Å². The Morgan fingerprint density at radius 1 is 1.24 bits per heavy atom. The van der Waals surface area contributed by atoms with E-state index in [2.05, 4.69) is 5.32 Å². The summed E-state index contributed by atoms with van der Waals surface area (Å²) in [6.45, 7) is 4.73. The Kier molecular flexibility index (Phi) is 8.92. The SMILES string of the molecule is CC(C)C[C@@H](COCC(N)=O)NC(=O)[C@@H]1CCCN1C(=O)OCc1ccccc1. The first-order valence-electron chi connectivity index (χ1n) is 10.0. The second-order valence-electron chi connectivity index (χ2n) is 7.71. The zero-order chi connectivity index (χ0) is 21.2. The molecule has 0 radical (unpaired) electrons. The minimum atomic E-state index is -0.566. The zero-order valence-electron chi connectivity index (χ0n) is 17.1. The summed E-state index contributed by atoms with van der Waals surface area (Å²) in [5.74, 6) is -0.455. The van der Waals surface area contributed by atoms with Crippen LogP contribution in [0, 0.1) is 5.92 Å². The van der Waals surface area contributed by atoms with Crippen molar-refractivity contribution < 1.29 is 23.9 Å². The number of likely N-dealkylation sites (tertiary alicyclic amines) is 1. The van der Waals surface area contributed by atoms with Gasteiger partial charge >= 0.3 is 6.09 Å². The molecule has 0 saturated carbocycles. The number of carbonyl (C=O) groups excluding carboxylic acids is 3.